The average Bonchev–Trinajstić information content (AvgIpc) is 3.25. The Morgan fingerprint density at radius 3 is 2.70 bits per heavy atom. The first kappa shape index (κ1) is 20.1. The van der Waals surface area contributed by atoms with Crippen LogP contribution in [0.1, 0.15) is 25.3 Å². The molecule has 2 aromatic carbocycles. The van der Waals surface area contributed by atoms with E-state index in [2.05, 4.69) is 12.2 Å². The van der Waals surface area contributed by atoms with Crippen LogP contribution in [0.3, 0.4) is 0 Å². The Morgan fingerprint density at radius 1 is 1.10 bits per heavy atom. The van der Waals surface area contributed by atoms with E-state index in [0.29, 0.717) is 48.9 Å². The molecule has 0 bridgehead atoms. The van der Waals surface area contributed by atoms with Gasteiger partial charge in [0.15, 0.2) is 18.1 Å². The maximum absolute atomic E-state index is 12.6. The topological polar surface area (TPSA) is 77.1 Å². The molecule has 2 aromatic rings. The number of fused-ring (bicyclic) bond motifs is 1. The molecule has 0 unspecified atom stereocenters. The number of hydrogen-bond acceptors (Lipinski definition) is 5. The lowest BCUT2D eigenvalue weighted by molar-refractivity contribution is -0.136. The van der Waals surface area contributed by atoms with Crippen LogP contribution >= 0.6 is 0 Å². The minimum Gasteiger partial charge on any atom is -0.484 e. The van der Waals surface area contributed by atoms with Crippen molar-refractivity contribution < 1.29 is 23.8 Å². The highest BCUT2D eigenvalue weighted by Gasteiger charge is 2.28. The molecule has 2 aliphatic heterocycles. The van der Waals surface area contributed by atoms with Crippen LogP contribution < -0.4 is 19.5 Å². The minimum atomic E-state index is -0.123. The van der Waals surface area contributed by atoms with Gasteiger partial charge in [0.25, 0.3) is 5.91 Å². The molecule has 2 heterocycles. The van der Waals surface area contributed by atoms with Gasteiger partial charge in [-0.25, -0.2) is 0 Å². The van der Waals surface area contributed by atoms with Crippen LogP contribution in [0.25, 0.3) is 0 Å². The summed E-state index contributed by atoms with van der Waals surface area (Å²) in [5.74, 6) is 1.82. The Hall–Kier alpha value is -3.22. The summed E-state index contributed by atoms with van der Waals surface area (Å²) in [6, 6.07) is 13.1. The van der Waals surface area contributed by atoms with Gasteiger partial charge in [0.05, 0.1) is 0 Å². The SMILES string of the molecule is CCc1cccc(OCC(=O)N2CCC(C(=O)Nc3ccc4c(c3)OCO4)CC2)c1. The molecular weight excluding hydrogens is 384 g/mol. The van der Waals surface area contributed by atoms with Gasteiger partial charge in [-0.2, -0.15) is 0 Å². The van der Waals surface area contributed by atoms with E-state index in [1.165, 1.54) is 5.56 Å². The Balaban J connectivity index is 1.23. The monoisotopic (exact) mass is 410 g/mol. The van der Waals surface area contributed by atoms with E-state index in [-0.39, 0.29) is 31.1 Å². The number of rotatable bonds is 6. The molecule has 0 aromatic heterocycles. The zero-order chi connectivity index (χ0) is 20.9. The molecule has 7 nitrogen and oxygen atoms in total. The Labute approximate surface area is 175 Å². The molecule has 1 N–H and O–H groups in total. The van der Waals surface area contributed by atoms with Crippen molar-refractivity contribution in [2.75, 3.05) is 31.8 Å². The van der Waals surface area contributed by atoms with Crippen molar-refractivity contribution in [3.63, 3.8) is 0 Å². The second kappa shape index (κ2) is 9.07. The van der Waals surface area contributed by atoms with Gasteiger partial charge in [0.2, 0.25) is 12.7 Å². The number of carbonyl (C=O) groups excluding carboxylic acids is 2. The highest BCUT2D eigenvalue weighted by atomic mass is 16.7. The van der Waals surface area contributed by atoms with Gasteiger partial charge >= 0.3 is 0 Å². The normalized spacial score (nSPS) is 15.7. The Bertz CT molecular complexity index is 922. The van der Waals surface area contributed by atoms with Gasteiger partial charge in [0, 0.05) is 30.8 Å². The van der Waals surface area contributed by atoms with E-state index in [1.54, 1.807) is 23.1 Å². The van der Waals surface area contributed by atoms with Crippen molar-refractivity contribution in [1.29, 1.82) is 0 Å². The van der Waals surface area contributed by atoms with Gasteiger partial charge in [-0.3, -0.25) is 9.59 Å². The van der Waals surface area contributed by atoms with Crippen LogP contribution in [0.15, 0.2) is 42.5 Å². The van der Waals surface area contributed by atoms with E-state index in [9.17, 15) is 9.59 Å². The van der Waals surface area contributed by atoms with Crippen molar-refractivity contribution in [3.05, 3.63) is 48.0 Å². The van der Waals surface area contributed by atoms with Gasteiger partial charge in [0.1, 0.15) is 5.75 Å². The van der Waals surface area contributed by atoms with Crippen molar-refractivity contribution in [1.82, 2.24) is 4.90 Å². The zero-order valence-corrected chi connectivity index (χ0v) is 17.1. The number of aryl methyl sites for hydroxylation is 1. The second-order valence-electron chi connectivity index (χ2n) is 7.50. The third kappa shape index (κ3) is 4.67. The fraction of sp³-hybridized carbons (Fsp3) is 0.391. The number of benzene rings is 2. The summed E-state index contributed by atoms with van der Waals surface area (Å²) in [7, 11) is 0. The first-order chi connectivity index (χ1) is 14.6. The molecule has 158 valence electrons. The number of hydrogen-bond donors (Lipinski definition) is 1. The third-order valence-electron chi connectivity index (χ3n) is 5.53. The lowest BCUT2D eigenvalue weighted by Gasteiger charge is -2.31. The van der Waals surface area contributed by atoms with Crippen molar-refractivity contribution in [2.45, 2.75) is 26.2 Å². The maximum Gasteiger partial charge on any atom is 0.260 e. The molecule has 0 aliphatic carbocycles. The van der Waals surface area contributed by atoms with E-state index in [4.69, 9.17) is 14.2 Å². The first-order valence-electron chi connectivity index (χ1n) is 10.3. The van der Waals surface area contributed by atoms with Crippen molar-refractivity contribution in [2.24, 2.45) is 5.92 Å². The van der Waals surface area contributed by atoms with Gasteiger partial charge in [-0.1, -0.05) is 19.1 Å². The van der Waals surface area contributed by atoms with E-state index >= 15 is 0 Å². The number of anilines is 1. The van der Waals surface area contributed by atoms with Crippen LogP contribution in [-0.4, -0.2) is 43.2 Å². The lowest BCUT2D eigenvalue weighted by Crippen LogP contribution is -2.43. The van der Waals surface area contributed by atoms with Gasteiger partial charge in [-0.15, -0.1) is 0 Å². The summed E-state index contributed by atoms with van der Waals surface area (Å²) < 4.78 is 16.3. The molecule has 2 amide bonds. The minimum absolute atomic E-state index is 0.0151. The van der Waals surface area contributed by atoms with Crippen LogP contribution in [0.4, 0.5) is 5.69 Å². The Morgan fingerprint density at radius 2 is 1.90 bits per heavy atom. The molecule has 0 atom stereocenters. The number of carbonyl (C=O) groups is 2. The summed E-state index contributed by atoms with van der Waals surface area (Å²) in [6.45, 7) is 3.40. The smallest absolute Gasteiger partial charge is 0.260 e. The second-order valence-corrected chi connectivity index (χ2v) is 7.50. The predicted molar refractivity (Wildman–Crippen MR) is 112 cm³/mol. The number of nitrogens with zero attached hydrogens (tertiary/aromatic N) is 1. The fourth-order valence-electron chi connectivity index (χ4n) is 3.70. The number of likely N-dealkylation sites (tertiary alicyclic amines) is 1. The molecule has 4 rings (SSSR count). The highest BCUT2D eigenvalue weighted by Crippen LogP contribution is 2.34. The third-order valence-corrected chi connectivity index (χ3v) is 5.53. The molecule has 0 saturated carbocycles. The quantitative estimate of drug-likeness (QED) is 0.791. The van der Waals surface area contributed by atoms with Crippen LogP contribution in [-0.2, 0) is 16.0 Å². The van der Waals surface area contributed by atoms with Gasteiger partial charge in [-0.05, 0) is 49.1 Å². The molecule has 1 saturated heterocycles. The molecule has 1 fully saturated rings. The maximum atomic E-state index is 12.6. The predicted octanol–water partition coefficient (Wildman–Crippen LogP) is 3.23. The fourth-order valence-corrected chi connectivity index (χ4v) is 3.70. The van der Waals surface area contributed by atoms with Crippen LogP contribution in [0.2, 0.25) is 0 Å². The van der Waals surface area contributed by atoms with Gasteiger partial charge < -0.3 is 24.4 Å². The molecule has 30 heavy (non-hydrogen) atoms. The molecular formula is C23H26N2O5. The summed E-state index contributed by atoms with van der Waals surface area (Å²) in [4.78, 5) is 26.9. The van der Waals surface area contributed by atoms with Crippen molar-refractivity contribution in [3.8, 4) is 17.2 Å². The van der Waals surface area contributed by atoms with Crippen LogP contribution in [0, 0.1) is 5.92 Å². The number of piperidine rings is 1. The summed E-state index contributed by atoms with van der Waals surface area (Å²) in [5.41, 5.74) is 1.86. The number of amides is 2. The van der Waals surface area contributed by atoms with E-state index in [0.717, 1.165) is 6.42 Å². The molecule has 0 radical (unpaired) electrons. The molecule has 7 heteroatoms. The lowest BCUT2D eigenvalue weighted by atomic mass is 9.95. The largest absolute Gasteiger partial charge is 0.484 e. The first-order valence-corrected chi connectivity index (χ1v) is 10.3. The Kier molecular flexibility index (Phi) is 6.07. The van der Waals surface area contributed by atoms with E-state index in [1.807, 2.05) is 24.3 Å². The van der Waals surface area contributed by atoms with Crippen molar-refractivity contribution >= 4 is 17.5 Å². The van der Waals surface area contributed by atoms with Crippen LogP contribution in [0.5, 0.6) is 17.2 Å². The standard InChI is InChI=1S/C23H26N2O5/c1-2-16-4-3-5-19(12-16)28-14-22(26)25-10-8-17(9-11-25)23(27)24-18-6-7-20-21(13-18)30-15-29-20/h3-7,12-13,17H,2,8-11,14-15H2,1H3,(H,24,27). The van der Waals surface area contributed by atoms with E-state index < -0.39 is 0 Å². The average molecular weight is 410 g/mol. The zero-order valence-electron chi connectivity index (χ0n) is 17.1. The molecule has 0 spiro atoms. The number of nitrogens with one attached hydrogen (secondary N) is 1. The summed E-state index contributed by atoms with van der Waals surface area (Å²) in [5, 5.41) is 2.94. The molecule has 2 aliphatic rings. The number of ether oxygens (including phenoxy) is 3. The highest BCUT2D eigenvalue weighted by molar-refractivity contribution is 5.93. The summed E-state index contributed by atoms with van der Waals surface area (Å²) in [6.07, 6.45) is 2.19. The summed E-state index contributed by atoms with van der Waals surface area (Å²) >= 11 is 0.